The molecule has 1 aliphatic heterocycles. The third kappa shape index (κ3) is 5.94. The van der Waals surface area contributed by atoms with Gasteiger partial charge in [0.25, 0.3) is 5.91 Å². The first-order valence-electron chi connectivity index (χ1n) is 13.8. The number of methoxy groups -OCH3 is 1. The van der Waals surface area contributed by atoms with Gasteiger partial charge >= 0.3 is 0 Å². The van der Waals surface area contributed by atoms with Crippen LogP contribution in [0.5, 0.6) is 11.5 Å². The number of nitrogens with zero attached hydrogens (tertiary/aromatic N) is 2. The summed E-state index contributed by atoms with van der Waals surface area (Å²) in [5.74, 6) is 1.10. The van der Waals surface area contributed by atoms with E-state index in [2.05, 4.69) is 24.3 Å². The van der Waals surface area contributed by atoms with Crippen molar-refractivity contribution in [3.05, 3.63) is 142 Å². The van der Waals surface area contributed by atoms with Crippen LogP contribution >= 0.6 is 11.8 Å². The third-order valence-electron chi connectivity index (χ3n) is 7.10. The molecule has 208 valence electrons. The fourth-order valence-electron chi connectivity index (χ4n) is 4.90. The van der Waals surface area contributed by atoms with E-state index < -0.39 is 0 Å². The zero-order valence-corrected chi connectivity index (χ0v) is 24.3. The number of amides is 1. The molecule has 6 heteroatoms. The molecule has 5 nitrogen and oxygen atoms in total. The summed E-state index contributed by atoms with van der Waals surface area (Å²) in [6.45, 7) is 2.83. The van der Waals surface area contributed by atoms with Crippen LogP contribution in [-0.4, -0.2) is 23.1 Å². The Kier molecular flexibility index (Phi) is 8.06. The largest absolute Gasteiger partial charge is 0.493 e. The summed E-state index contributed by atoms with van der Waals surface area (Å²) in [5.41, 5.74) is 4.83. The average molecular weight is 571 g/mol. The molecular formula is C36H30N2O3S. The zero-order valence-electron chi connectivity index (χ0n) is 23.5. The minimum atomic E-state index is -0.0995. The number of carbonyl (C=O) groups is 1. The van der Waals surface area contributed by atoms with Gasteiger partial charge in [-0.25, -0.2) is 4.99 Å². The highest BCUT2D eigenvalue weighted by molar-refractivity contribution is 8.18. The average Bonchev–Trinajstić information content (AvgIpc) is 3.30. The topological polar surface area (TPSA) is 51.1 Å². The van der Waals surface area contributed by atoms with E-state index in [4.69, 9.17) is 14.5 Å². The first-order valence-corrected chi connectivity index (χ1v) is 14.6. The number of benzene rings is 5. The van der Waals surface area contributed by atoms with Gasteiger partial charge in [-0.05, 0) is 64.9 Å². The van der Waals surface area contributed by atoms with Gasteiger partial charge in [0, 0.05) is 5.56 Å². The third-order valence-corrected chi connectivity index (χ3v) is 8.10. The van der Waals surface area contributed by atoms with E-state index in [1.807, 2.05) is 104 Å². The predicted molar refractivity (Wildman–Crippen MR) is 172 cm³/mol. The lowest BCUT2D eigenvalue weighted by Gasteiger charge is -2.16. The van der Waals surface area contributed by atoms with Gasteiger partial charge in [-0.1, -0.05) is 103 Å². The van der Waals surface area contributed by atoms with Crippen LogP contribution in [-0.2, 0) is 17.9 Å². The Morgan fingerprint density at radius 2 is 1.57 bits per heavy atom. The molecule has 5 aromatic rings. The standard InChI is InChI=1S/C36H30N2O3S/c1-25-18-20-30(21-19-25)37-36-38(23-26-10-4-3-5-11-26)35(39)33(42-36)22-28-14-9-17-32(40-2)34(28)41-24-29-15-8-13-27-12-6-7-16-31(27)29/h3-22H,23-24H2,1-2H3/b33-22+,37-36?. The second-order valence-corrected chi connectivity index (χ2v) is 11.0. The molecule has 0 spiro atoms. The van der Waals surface area contributed by atoms with Gasteiger partial charge in [-0.2, -0.15) is 0 Å². The lowest BCUT2D eigenvalue weighted by Crippen LogP contribution is -2.28. The number of ether oxygens (including phenoxy) is 2. The number of thioether (sulfide) groups is 1. The van der Waals surface area contributed by atoms with Crippen molar-refractivity contribution in [1.82, 2.24) is 4.90 Å². The Labute approximate surface area is 250 Å². The van der Waals surface area contributed by atoms with Gasteiger partial charge in [0.1, 0.15) is 6.61 Å². The first-order chi connectivity index (χ1) is 20.6. The molecule has 0 aliphatic carbocycles. The Bertz CT molecular complexity index is 1790. The van der Waals surface area contributed by atoms with Crippen molar-refractivity contribution in [3.63, 3.8) is 0 Å². The second kappa shape index (κ2) is 12.4. The van der Waals surface area contributed by atoms with Crippen LogP contribution in [0, 0.1) is 6.92 Å². The van der Waals surface area contributed by atoms with Crippen molar-refractivity contribution < 1.29 is 14.3 Å². The monoisotopic (exact) mass is 570 g/mol. The van der Waals surface area contributed by atoms with Gasteiger partial charge in [-0.15, -0.1) is 0 Å². The molecule has 6 rings (SSSR count). The number of hydrogen-bond acceptors (Lipinski definition) is 5. The number of carbonyl (C=O) groups excluding carboxylic acids is 1. The highest BCUT2D eigenvalue weighted by atomic mass is 32.2. The van der Waals surface area contributed by atoms with Crippen LogP contribution < -0.4 is 9.47 Å². The number of rotatable bonds is 8. The zero-order chi connectivity index (χ0) is 28.9. The highest BCUT2D eigenvalue weighted by Crippen LogP contribution is 2.39. The minimum Gasteiger partial charge on any atom is -0.493 e. The fraction of sp³-hybridized carbons (Fsp3) is 0.111. The summed E-state index contributed by atoms with van der Waals surface area (Å²) in [6.07, 6.45) is 1.88. The summed E-state index contributed by atoms with van der Waals surface area (Å²) < 4.78 is 12.1. The SMILES string of the molecule is COc1cccc(/C=C2/SC(=Nc3ccc(C)cc3)N(Cc3ccccc3)C2=O)c1OCc1cccc2ccccc12. The molecule has 42 heavy (non-hydrogen) atoms. The maximum atomic E-state index is 13.8. The lowest BCUT2D eigenvalue weighted by atomic mass is 10.1. The molecule has 1 heterocycles. The Morgan fingerprint density at radius 1 is 0.833 bits per heavy atom. The summed E-state index contributed by atoms with van der Waals surface area (Å²) in [4.78, 5) is 21.0. The van der Waals surface area contributed by atoms with Crippen LogP contribution in [0.25, 0.3) is 16.8 Å². The molecule has 1 aliphatic rings. The van der Waals surface area contributed by atoms with Crippen LogP contribution in [0.1, 0.15) is 22.3 Å². The molecule has 0 radical (unpaired) electrons. The van der Waals surface area contributed by atoms with Gasteiger partial charge in [0.15, 0.2) is 16.7 Å². The van der Waals surface area contributed by atoms with E-state index in [1.165, 1.54) is 11.8 Å². The van der Waals surface area contributed by atoms with Crippen LogP contribution in [0.15, 0.2) is 125 Å². The quantitative estimate of drug-likeness (QED) is 0.175. The minimum absolute atomic E-state index is 0.0995. The van der Waals surface area contributed by atoms with Gasteiger partial charge in [-0.3, -0.25) is 9.69 Å². The highest BCUT2D eigenvalue weighted by Gasteiger charge is 2.34. The van der Waals surface area contributed by atoms with Crippen molar-refractivity contribution >= 4 is 45.4 Å². The van der Waals surface area contributed by atoms with Crippen molar-refractivity contribution in [2.45, 2.75) is 20.1 Å². The first kappa shape index (κ1) is 27.4. The Morgan fingerprint density at radius 3 is 2.38 bits per heavy atom. The van der Waals surface area contributed by atoms with Crippen LogP contribution in [0.4, 0.5) is 5.69 Å². The maximum absolute atomic E-state index is 13.8. The molecule has 0 N–H and O–H groups in total. The second-order valence-electron chi connectivity index (χ2n) is 10.0. The number of amidine groups is 1. The Balaban J connectivity index is 1.34. The molecule has 1 amide bonds. The maximum Gasteiger partial charge on any atom is 0.267 e. The molecule has 0 unspecified atom stereocenters. The molecule has 1 saturated heterocycles. The number of aliphatic imine (C=N–C) groups is 1. The number of aryl methyl sites for hydroxylation is 1. The van der Waals surface area contributed by atoms with E-state index in [0.717, 1.165) is 38.7 Å². The van der Waals surface area contributed by atoms with Crippen LogP contribution in [0.3, 0.4) is 0 Å². The van der Waals surface area contributed by atoms with Gasteiger partial charge in [0.2, 0.25) is 0 Å². The summed E-state index contributed by atoms with van der Waals surface area (Å²) in [5, 5.41) is 2.94. The van der Waals surface area contributed by atoms with E-state index in [9.17, 15) is 4.79 Å². The van der Waals surface area contributed by atoms with Crippen molar-refractivity contribution in [3.8, 4) is 11.5 Å². The number of fused-ring (bicyclic) bond motifs is 1. The van der Waals surface area contributed by atoms with E-state index in [-0.39, 0.29) is 5.91 Å². The van der Waals surface area contributed by atoms with Crippen molar-refractivity contribution in [2.24, 2.45) is 4.99 Å². The summed E-state index contributed by atoms with van der Waals surface area (Å²) >= 11 is 1.37. The summed E-state index contributed by atoms with van der Waals surface area (Å²) in [6, 6.07) is 38.1. The van der Waals surface area contributed by atoms with Gasteiger partial charge in [0.05, 0.1) is 24.2 Å². The molecular weight excluding hydrogens is 540 g/mol. The molecule has 0 aromatic heterocycles. The number of para-hydroxylation sites is 1. The smallest absolute Gasteiger partial charge is 0.267 e. The molecule has 0 atom stereocenters. The molecule has 0 saturated carbocycles. The molecule has 1 fully saturated rings. The van der Waals surface area contributed by atoms with Crippen molar-refractivity contribution in [2.75, 3.05) is 7.11 Å². The lowest BCUT2D eigenvalue weighted by molar-refractivity contribution is -0.122. The molecule has 5 aromatic carbocycles. The number of hydrogen-bond donors (Lipinski definition) is 0. The fourth-order valence-corrected chi connectivity index (χ4v) is 5.89. The molecule has 0 bridgehead atoms. The normalized spacial score (nSPS) is 15.1. The van der Waals surface area contributed by atoms with E-state index in [0.29, 0.717) is 34.7 Å². The summed E-state index contributed by atoms with van der Waals surface area (Å²) in [7, 11) is 1.63. The van der Waals surface area contributed by atoms with Gasteiger partial charge < -0.3 is 9.47 Å². The van der Waals surface area contributed by atoms with E-state index in [1.54, 1.807) is 12.0 Å². The Hall–Kier alpha value is -4.81. The van der Waals surface area contributed by atoms with Crippen LogP contribution in [0.2, 0.25) is 0 Å². The predicted octanol–water partition coefficient (Wildman–Crippen LogP) is 8.54. The van der Waals surface area contributed by atoms with E-state index >= 15 is 0 Å². The van der Waals surface area contributed by atoms with Crippen molar-refractivity contribution in [1.29, 1.82) is 0 Å².